The summed E-state index contributed by atoms with van der Waals surface area (Å²) in [7, 11) is -2.24. The second-order valence-corrected chi connectivity index (χ2v) is 7.84. The standard InChI is InChI=1S/C15H19FN2O2S/c1-11-4-5-12(8-14(11)16)9-21(19,20)18(3)15(2,10-17)13-6-7-13/h4-5,8,13H,6-7,9H2,1-3H3/t15-/m0/s1. The summed E-state index contributed by atoms with van der Waals surface area (Å²) in [5.41, 5.74) is -0.160. The minimum Gasteiger partial charge on any atom is -0.212 e. The number of nitriles is 1. The molecule has 6 heteroatoms. The first-order chi connectivity index (χ1) is 9.70. The monoisotopic (exact) mass is 310 g/mol. The second kappa shape index (κ2) is 5.39. The summed E-state index contributed by atoms with van der Waals surface area (Å²) in [4.78, 5) is 0. The summed E-state index contributed by atoms with van der Waals surface area (Å²) in [6.45, 7) is 3.28. The molecule has 0 aliphatic heterocycles. The SMILES string of the molecule is Cc1ccc(CS(=O)(=O)N(C)[C@@](C)(C#N)C2CC2)cc1F. The molecule has 0 N–H and O–H groups in total. The van der Waals surface area contributed by atoms with Gasteiger partial charge in [-0.15, -0.1) is 0 Å². The van der Waals surface area contributed by atoms with Crippen LogP contribution in [0.3, 0.4) is 0 Å². The molecule has 0 heterocycles. The highest BCUT2D eigenvalue weighted by atomic mass is 32.2. The summed E-state index contributed by atoms with van der Waals surface area (Å²) >= 11 is 0. The van der Waals surface area contributed by atoms with Gasteiger partial charge in [0.05, 0.1) is 11.8 Å². The van der Waals surface area contributed by atoms with Gasteiger partial charge < -0.3 is 0 Å². The highest BCUT2D eigenvalue weighted by Gasteiger charge is 2.48. The lowest BCUT2D eigenvalue weighted by molar-refractivity contribution is 0.276. The molecule has 0 radical (unpaired) electrons. The van der Waals surface area contributed by atoms with Gasteiger partial charge in [-0.1, -0.05) is 12.1 Å². The van der Waals surface area contributed by atoms with Crippen molar-refractivity contribution in [1.29, 1.82) is 5.26 Å². The summed E-state index contributed by atoms with van der Waals surface area (Å²) in [6.07, 6.45) is 1.73. The molecule has 0 aromatic heterocycles. The molecule has 1 saturated carbocycles. The maximum absolute atomic E-state index is 13.5. The van der Waals surface area contributed by atoms with Crippen molar-refractivity contribution in [3.05, 3.63) is 35.1 Å². The first-order valence-electron chi connectivity index (χ1n) is 6.83. The Labute approximate surface area is 125 Å². The average Bonchev–Trinajstić information content (AvgIpc) is 3.25. The van der Waals surface area contributed by atoms with Crippen molar-refractivity contribution in [3.8, 4) is 6.07 Å². The molecule has 0 bridgehead atoms. The fourth-order valence-corrected chi connectivity index (χ4v) is 3.95. The quantitative estimate of drug-likeness (QED) is 0.840. The van der Waals surface area contributed by atoms with Crippen LogP contribution in [-0.2, 0) is 15.8 Å². The van der Waals surface area contributed by atoms with Gasteiger partial charge >= 0.3 is 0 Å². The third-order valence-corrected chi connectivity index (χ3v) is 6.17. The van der Waals surface area contributed by atoms with E-state index in [4.69, 9.17) is 0 Å². The number of halogens is 1. The van der Waals surface area contributed by atoms with E-state index in [0.29, 0.717) is 11.1 Å². The van der Waals surface area contributed by atoms with Gasteiger partial charge in [0.15, 0.2) is 0 Å². The van der Waals surface area contributed by atoms with E-state index in [1.807, 2.05) is 0 Å². The molecule has 2 rings (SSSR count). The fraction of sp³-hybridized carbons (Fsp3) is 0.533. The Kier molecular flexibility index (Phi) is 4.09. The van der Waals surface area contributed by atoms with E-state index in [1.54, 1.807) is 26.0 Å². The topological polar surface area (TPSA) is 61.2 Å². The lowest BCUT2D eigenvalue weighted by atomic mass is 9.99. The summed E-state index contributed by atoms with van der Waals surface area (Å²) in [5, 5.41) is 9.36. The largest absolute Gasteiger partial charge is 0.219 e. The predicted molar refractivity (Wildman–Crippen MR) is 78.3 cm³/mol. The van der Waals surface area contributed by atoms with E-state index in [9.17, 15) is 18.1 Å². The summed E-state index contributed by atoms with van der Waals surface area (Å²) in [5.74, 6) is -0.641. The lowest BCUT2D eigenvalue weighted by Crippen LogP contribution is -2.48. The molecule has 1 aromatic carbocycles. The smallest absolute Gasteiger partial charge is 0.212 e. The minimum atomic E-state index is -3.67. The Morgan fingerprint density at radius 1 is 1.48 bits per heavy atom. The molecule has 0 spiro atoms. The molecular formula is C15H19FN2O2S. The third-order valence-electron chi connectivity index (χ3n) is 4.26. The van der Waals surface area contributed by atoms with Crippen molar-refractivity contribution < 1.29 is 12.8 Å². The second-order valence-electron chi connectivity index (χ2n) is 5.84. The maximum atomic E-state index is 13.5. The Balaban J connectivity index is 2.25. The van der Waals surface area contributed by atoms with Crippen LogP contribution in [0.4, 0.5) is 4.39 Å². The number of hydrogen-bond donors (Lipinski definition) is 0. The highest BCUT2D eigenvalue weighted by molar-refractivity contribution is 7.88. The van der Waals surface area contributed by atoms with Crippen molar-refractivity contribution in [1.82, 2.24) is 4.31 Å². The Bertz CT molecular complexity index is 692. The van der Waals surface area contributed by atoms with Gasteiger partial charge in [0.25, 0.3) is 0 Å². The molecule has 1 atom stereocenters. The number of benzene rings is 1. The normalized spacial score (nSPS) is 18.3. The van der Waals surface area contributed by atoms with Gasteiger partial charge in [0.1, 0.15) is 11.4 Å². The van der Waals surface area contributed by atoms with Crippen LogP contribution in [0.5, 0.6) is 0 Å². The van der Waals surface area contributed by atoms with E-state index < -0.39 is 21.4 Å². The van der Waals surface area contributed by atoms with Gasteiger partial charge in [-0.25, -0.2) is 12.8 Å². The first kappa shape index (κ1) is 15.9. The average molecular weight is 310 g/mol. The molecule has 1 aromatic rings. The van der Waals surface area contributed by atoms with Crippen LogP contribution in [0, 0.1) is 30.0 Å². The molecule has 0 saturated heterocycles. The van der Waals surface area contributed by atoms with Gasteiger partial charge in [-0.05, 0) is 49.8 Å². The molecule has 4 nitrogen and oxygen atoms in total. The zero-order valence-corrected chi connectivity index (χ0v) is 13.2. The summed E-state index contributed by atoms with van der Waals surface area (Å²) < 4.78 is 39.7. The van der Waals surface area contributed by atoms with Crippen LogP contribution in [0.1, 0.15) is 30.9 Å². The zero-order chi connectivity index (χ0) is 15.8. The predicted octanol–water partition coefficient (Wildman–Crippen LogP) is 2.59. The van der Waals surface area contributed by atoms with Crippen LogP contribution in [0.15, 0.2) is 18.2 Å². The van der Waals surface area contributed by atoms with Crippen LogP contribution < -0.4 is 0 Å². The molecule has 21 heavy (non-hydrogen) atoms. The minimum absolute atomic E-state index is 0.0806. The molecule has 1 fully saturated rings. The van der Waals surface area contributed by atoms with Crippen LogP contribution in [0.25, 0.3) is 0 Å². The van der Waals surface area contributed by atoms with Crippen molar-refractivity contribution in [2.24, 2.45) is 5.92 Å². The van der Waals surface area contributed by atoms with E-state index in [1.165, 1.54) is 13.1 Å². The molecular weight excluding hydrogens is 291 g/mol. The number of nitrogens with zero attached hydrogens (tertiary/aromatic N) is 2. The Morgan fingerprint density at radius 2 is 2.10 bits per heavy atom. The third kappa shape index (κ3) is 3.09. The lowest BCUT2D eigenvalue weighted by Gasteiger charge is -2.32. The molecule has 0 unspecified atom stereocenters. The van der Waals surface area contributed by atoms with Crippen LogP contribution in [0.2, 0.25) is 0 Å². The Morgan fingerprint density at radius 3 is 2.57 bits per heavy atom. The maximum Gasteiger partial charge on any atom is 0.219 e. The number of hydrogen-bond acceptors (Lipinski definition) is 3. The van der Waals surface area contributed by atoms with E-state index >= 15 is 0 Å². The van der Waals surface area contributed by atoms with Gasteiger partial charge in [-0.3, -0.25) is 0 Å². The molecule has 1 aliphatic rings. The van der Waals surface area contributed by atoms with E-state index in [-0.39, 0.29) is 11.7 Å². The van der Waals surface area contributed by atoms with Crippen molar-refractivity contribution in [3.63, 3.8) is 0 Å². The zero-order valence-electron chi connectivity index (χ0n) is 12.4. The van der Waals surface area contributed by atoms with Crippen LogP contribution >= 0.6 is 0 Å². The highest BCUT2D eigenvalue weighted by Crippen LogP contribution is 2.43. The number of aryl methyl sites for hydroxylation is 1. The summed E-state index contributed by atoms with van der Waals surface area (Å²) in [6, 6.07) is 6.52. The first-order valence-corrected chi connectivity index (χ1v) is 8.44. The molecule has 0 amide bonds. The van der Waals surface area contributed by atoms with Crippen molar-refractivity contribution in [2.75, 3.05) is 7.05 Å². The van der Waals surface area contributed by atoms with E-state index in [0.717, 1.165) is 17.1 Å². The van der Waals surface area contributed by atoms with Crippen molar-refractivity contribution in [2.45, 2.75) is 38.0 Å². The fourth-order valence-electron chi connectivity index (χ4n) is 2.39. The van der Waals surface area contributed by atoms with Crippen LogP contribution in [-0.4, -0.2) is 25.3 Å². The van der Waals surface area contributed by atoms with Gasteiger partial charge in [0, 0.05) is 7.05 Å². The van der Waals surface area contributed by atoms with Gasteiger partial charge in [-0.2, -0.15) is 9.57 Å². The molecule has 1 aliphatic carbocycles. The Hall–Kier alpha value is -1.45. The van der Waals surface area contributed by atoms with Crippen molar-refractivity contribution >= 4 is 10.0 Å². The number of rotatable bonds is 5. The van der Waals surface area contributed by atoms with E-state index in [2.05, 4.69) is 6.07 Å². The molecule has 114 valence electrons. The number of sulfonamides is 1. The van der Waals surface area contributed by atoms with Gasteiger partial charge in [0.2, 0.25) is 10.0 Å².